The summed E-state index contributed by atoms with van der Waals surface area (Å²) in [5.74, 6) is 0.623. The maximum atomic E-state index is 12.2. The number of rotatable bonds is 4. The molecule has 6 heteroatoms. The standard InChI is InChI=1S/C11H14BrNO3S/c1-13(8-3-4-8)17(14,15)9-5-6-11(16-2)10(12)7-9/h5-8H,3-4H2,1-2H3. The molecule has 4 nitrogen and oxygen atoms in total. The molecule has 94 valence electrons. The third-order valence-electron chi connectivity index (χ3n) is 2.86. The third kappa shape index (κ3) is 2.48. The van der Waals surface area contributed by atoms with Gasteiger partial charge in [0.1, 0.15) is 5.75 Å². The summed E-state index contributed by atoms with van der Waals surface area (Å²) in [7, 11) is -0.199. The van der Waals surface area contributed by atoms with E-state index in [0.29, 0.717) is 15.1 Å². The molecule has 0 amide bonds. The van der Waals surface area contributed by atoms with Crippen molar-refractivity contribution in [2.45, 2.75) is 23.8 Å². The van der Waals surface area contributed by atoms with Crippen LogP contribution >= 0.6 is 15.9 Å². The highest BCUT2D eigenvalue weighted by atomic mass is 79.9. The van der Waals surface area contributed by atoms with Crippen LogP contribution in [0.15, 0.2) is 27.6 Å². The van der Waals surface area contributed by atoms with E-state index in [1.54, 1.807) is 32.4 Å². The van der Waals surface area contributed by atoms with Gasteiger partial charge >= 0.3 is 0 Å². The van der Waals surface area contributed by atoms with Gasteiger partial charge in [-0.3, -0.25) is 0 Å². The van der Waals surface area contributed by atoms with Crippen LogP contribution in [0.5, 0.6) is 5.75 Å². The van der Waals surface area contributed by atoms with E-state index in [-0.39, 0.29) is 6.04 Å². The van der Waals surface area contributed by atoms with Crippen LogP contribution in [-0.2, 0) is 10.0 Å². The number of sulfonamides is 1. The zero-order valence-corrected chi connectivity index (χ0v) is 12.1. The van der Waals surface area contributed by atoms with Gasteiger partial charge < -0.3 is 4.74 Å². The molecule has 0 saturated heterocycles. The largest absolute Gasteiger partial charge is 0.496 e. The monoisotopic (exact) mass is 319 g/mol. The van der Waals surface area contributed by atoms with Crippen molar-refractivity contribution in [1.29, 1.82) is 0 Å². The number of hydrogen-bond donors (Lipinski definition) is 0. The minimum absolute atomic E-state index is 0.167. The van der Waals surface area contributed by atoms with E-state index in [9.17, 15) is 8.42 Å². The average molecular weight is 320 g/mol. The van der Waals surface area contributed by atoms with Crippen molar-refractivity contribution < 1.29 is 13.2 Å². The molecule has 0 unspecified atom stereocenters. The Morgan fingerprint density at radius 3 is 2.53 bits per heavy atom. The van der Waals surface area contributed by atoms with Crippen LogP contribution in [0, 0.1) is 0 Å². The second kappa shape index (κ2) is 4.59. The first-order valence-electron chi connectivity index (χ1n) is 5.28. The molecule has 0 aromatic heterocycles. The molecule has 0 radical (unpaired) electrons. The Labute approximate surface area is 110 Å². The first-order valence-corrected chi connectivity index (χ1v) is 7.51. The van der Waals surface area contributed by atoms with Crippen LogP contribution < -0.4 is 4.74 Å². The lowest BCUT2D eigenvalue weighted by atomic mass is 10.3. The normalized spacial score (nSPS) is 16.2. The lowest BCUT2D eigenvalue weighted by Crippen LogP contribution is -2.28. The summed E-state index contributed by atoms with van der Waals surface area (Å²) in [5.41, 5.74) is 0. The first-order chi connectivity index (χ1) is 7.96. The average Bonchev–Trinajstić information content (AvgIpc) is 3.11. The summed E-state index contributed by atoms with van der Waals surface area (Å²) in [6.45, 7) is 0. The fraction of sp³-hybridized carbons (Fsp3) is 0.455. The highest BCUT2D eigenvalue weighted by Gasteiger charge is 2.35. The molecule has 0 heterocycles. The van der Waals surface area contributed by atoms with Crippen molar-refractivity contribution in [3.63, 3.8) is 0 Å². The Bertz CT molecular complexity index is 526. The number of methoxy groups -OCH3 is 1. The fourth-order valence-corrected chi connectivity index (χ4v) is 3.74. The van der Waals surface area contributed by atoms with Gasteiger partial charge in [0.15, 0.2) is 0 Å². The van der Waals surface area contributed by atoms with E-state index < -0.39 is 10.0 Å². The van der Waals surface area contributed by atoms with E-state index in [4.69, 9.17) is 4.74 Å². The summed E-state index contributed by atoms with van der Waals surface area (Å²) in [6.07, 6.45) is 1.90. The lowest BCUT2D eigenvalue weighted by Gasteiger charge is -2.16. The summed E-state index contributed by atoms with van der Waals surface area (Å²) >= 11 is 3.29. The van der Waals surface area contributed by atoms with Gasteiger partial charge in [0.2, 0.25) is 10.0 Å². The number of hydrogen-bond acceptors (Lipinski definition) is 3. The SMILES string of the molecule is COc1ccc(S(=O)(=O)N(C)C2CC2)cc1Br. The van der Waals surface area contributed by atoms with Crippen LogP contribution in [-0.4, -0.2) is 32.9 Å². The molecule has 1 saturated carbocycles. The van der Waals surface area contributed by atoms with Gasteiger partial charge in [-0.1, -0.05) is 0 Å². The van der Waals surface area contributed by atoms with E-state index in [1.807, 2.05) is 0 Å². The number of nitrogens with zero attached hydrogens (tertiary/aromatic N) is 1. The van der Waals surface area contributed by atoms with Gasteiger partial charge in [-0.2, -0.15) is 4.31 Å². The van der Waals surface area contributed by atoms with Gasteiger partial charge in [-0.05, 0) is 47.0 Å². The van der Waals surface area contributed by atoms with Crippen molar-refractivity contribution in [3.8, 4) is 5.75 Å². The van der Waals surface area contributed by atoms with Crippen molar-refractivity contribution in [2.75, 3.05) is 14.2 Å². The molecule has 17 heavy (non-hydrogen) atoms. The molecule has 1 aromatic carbocycles. The molecular weight excluding hydrogens is 306 g/mol. The Balaban J connectivity index is 2.36. The predicted octanol–water partition coefficient (Wildman–Crippen LogP) is 2.24. The van der Waals surface area contributed by atoms with Gasteiger partial charge in [0, 0.05) is 13.1 Å². The van der Waals surface area contributed by atoms with Gasteiger partial charge in [0.25, 0.3) is 0 Å². The van der Waals surface area contributed by atoms with E-state index in [2.05, 4.69) is 15.9 Å². The van der Waals surface area contributed by atoms with Crippen LogP contribution in [0.4, 0.5) is 0 Å². The second-order valence-electron chi connectivity index (χ2n) is 4.05. The molecular formula is C11H14BrNO3S. The van der Waals surface area contributed by atoms with Gasteiger partial charge in [0.05, 0.1) is 16.5 Å². The van der Waals surface area contributed by atoms with E-state index in [0.717, 1.165) is 12.8 Å². The summed E-state index contributed by atoms with van der Waals surface area (Å²) in [4.78, 5) is 0.291. The molecule has 0 N–H and O–H groups in total. The van der Waals surface area contributed by atoms with Crippen LogP contribution in [0.2, 0.25) is 0 Å². The Morgan fingerprint density at radius 2 is 2.06 bits per heavy atom. The minimum Gasteiger partial charge on any atom is -0.496 e. The van der Waals surface area contributed by atoms with E-state index >= 15 is 0 Å². The molecule has 1 aliphatic carbocycles. The Hall–Kier alpha value is -0.590. The summed E-state index contributed by atoms with van der Waals surface area (Å²) < 4.78 is 31.6. The maximum absolute atomic E-state index is 12.2. The first kappa shape index (κ1) is 12.9. The molecule has 2 rings (SSSR count). The maximum Gasteiger partial charge on any atom is 0.243 e. The third-order valence-corrected chi connectivity index (χ3v) is 5.39. The highest BCUT2D eigenvalue weighted by Crippen LogP contribution is 2.33. The van der Waals surface area contributed by atoms with Crippen molar-refractivity contribution in [3.05, 3.63) is 22.7 Å². The Kier molecular flexibility index (Phi) is 3.47. The van der Waals surface area contributed by atoms with Crippen molar-refractivity contribution >= 4 is 26.0 Å². The minimum atomic E-state index is -3.38. The second-order valence-corrected chi connectivity index (χ2v) is 6.90. The summed E-state index contributed by atoms with van der Waals surface area (Å²) in [5, 5.41) is 0. The molecule has 1 aromatic rings. The van der Waals surface area contributed by atoms with Gasteiger partial charge in [-0.15, -0.1) is 0 Å². The zero-order chi connectivity index (χ0) is 12.6. The van der Waals surface area contributed by atoms with Crippen LogP contribution in [0.3, 0.4) is 0 Å². The smallest absolute Gasteiger partial charge is 0.243 e. The molecule has 0 atom stereocenters. The van der Waals surface area contributed by atoms with Crippen molar-refractivity contribution in [2.24, 2.45) is 0 Å². The van der Waals surface area contributed by atoms with E-state index in [1.165, 1.54) is 4.31 Å². The predicted molar refractivity (Wildman–Crippen MR) is 68.7 cm³/mol. The number of ether oxygens (including phenoxy) is 1. The number of benzene rings is 1. The van der Waals surface area contributed by atoms with Crippen LogP contribution in [0.1, 0.15) is 12.8 Å². The quantitative estimate of drug-likeness (QED) is 0.855. The zero-order valence-electron chi connectivity index (χ0n) is 9.68. The molecule has 0 spiro atoms. The lowest BCUT2D eigenvalue weighted by molar-refractivity contribution is 0.411. The Morgan fingerprint density at radius 1 is 1.41 bits per heavy atom. The van der Waals surface area contributed by atoms with Crippen molar-refractivity contribution in [1.82, 2.24) is 4.31 Å². The number of halogens is 1. The summed E-state index contributed by atoms with van der Waals surface area (Å²) in [6, 6.07) is 4.96. The molecule has 0 aliphatic heterocycles. The van der Waals surface area contributed by atoms with Crippen LogP contribution in [0.25, 0.3) is 0 Å². The highest BCUT2D eigenvalue weighted by molar-refractivity contribution is 9.10. The fourth-order valence-electron chi connectivity index (χ4n) is 1.61. The molecule has 1 aliphatic rings. The van der Waals surface area contributed by atoms with Gasteiger partial charge in [-0.25, -0.2) is 8.42 Å². The topological polar surface area (TPSA) is 46.6 Å². The molecule has 1 fully saturated rings. The molecule has 0 bridgehead atoms.